The standard InChI is InChI=1S/C8H4ClF3N2O2S/c9-7-13-5-3-4(8(10,11)12)1-2-6(5)17(15,16)14-7/h1-3H,(H,13,14). The van der Waals surface area contributed by atoms with Crippen molar-refractivity contribution < 1.29 is 21.6 Å². The summed E-state index contributed by atoms with van der Waals surface area (Å²) in [6.07, 6.45) is -4.56. The van der Waals surface area contributed by atoms with E-state index < -0.39 is 27.1 Å². The van der Waals surface area contributed by atoms with Gasteiger partial charge in [0.2, 0.25) is 5.29 Å². The maximum atomic E-state index is 12.4. The zero-order valence-corrected chi connectivity index (χ0v) is 9.49. The molecule has 0 aliphatic carbocycles. The first-order chi connectivity index (χ1) is 7.70. The molecule has 4 nitrogen and oxygen atoms in total. The lowest BCUT2D eigenvalue weighted by atomic mass is 10.2. The number of amidine groups is 1. The highest BCUT2D eigenvalue weighted by Gasteiger charge is 2.33. The first-order valence-corrected chi connectivity index (χ1v) is 6.04. The van der Waals surface area contributed by atoms with Crippen LogP contribution in [0.4, 0.5) is 18.9 Å². The number of fused-ring (bicyclic) bond motifs is 1. The van der Waals surface area contributed by atoms with Gasteiger partial charge in [0, 0.05) is 0 Å². The van der Waals surface area contributed by atoms with Crippen LogP contribution >= 0.6 is 11.6 Å². The van der Waals surface area contributed by atoms with Gasteiger partial charge in [0.05, 0.1) is 11.3 Å². The van der Waals surface area contributed by atoms with Gasteiger partial charge in [0.15, 0.2) is 0 Å². The molecule has 92 valence electrons. The maximum Gasteiger partial charge on any atom is 0.416 e. The number of rotatable bonds is 0. The molecule has 2 rings (SSSR count). The number of nitrogens with one attached hydrogen (secondary N) is 1. The van der Waals surface area contributed by atoms with E-state index in [4.69, 9.17) is 11.6 Å². The highest BCUT2D eigenvalue weighted by Crippen LogP contribution is 2.36. The molecule has 1 N–H and O–H groups in total. The number of alkyl halides is 3. The third kappa shape index (κ3) is 2.22. The molecule has 0 saturated carbocycles. The summed E-state index contributed by atoms with van der Waals surface area (Å²) in [6.45, 7) is 0. The molecule has 1 heterocycles. The van der Waals surface area contributed by atoms with Crippen LogP contribution in [0.2, 0.25) is 0 Å². The molecule has 0 aromatic heterocycles. The fourth-order valence-electron chi connectivity index (χ4n) is 1.30. The first kappa shape index (κ1) is 12.2. The van der Waals surface area contributed by atoms with Crippen LogP contribution in [0.15, 0.2) is 28.1 Å². The summed E-state index contributed by atoms with van der Waals surface area (Å²) < 4.78 is 62.1. The van der Waals surface area contributed by atoms with E-state index in [0.29, 0.717) is 12.1 Å². The van der Waals surface area contributed by atoms with Gasteiger partial charge < -0.3 is 0 Å². The van der Waals surface area contributed by atoms with E-state index in [1.807, 2.05) is 4.72 Å². The lowest BCUT2D eigenvalue weighted by Gasteiger charge is -2.16. The van der Waals surface area contributed by atoms with Crippen LogP contribution in [0.25, 0.3) is 0 Å². The van der Waals surface area contributed by atoms with Crippen molar-refractivity contribution in [1.82, 2.24) is 4.72 Å². The van der Waals surface area contributed by atoms with Crippen LogP contribution in [0, 0.1) is 0 Å². The van der Waals surface area contributed by atoms with Crippen molar-refractivity contribution in [2.75, 3.05) is 0 Å². The predicted octanol–water partition coefficient (Wildman–Crippen LogP) is 2.22. The number of hydrogen-bond donors (Lipinski definition) is 1. The van der Waals surface area contributed by atoms with Crippen LogP contribution in [0.1, 0.15) is 5.56 Å². The summed E-state index contributed by atoms with van der Waals surface area (Å²) in [5.41, 5.74) is -1.31. The topological polar surface area (TPSA) is 58.5 Å². The molecule has 0 fully saturated rings. The second-order valence-electron chi connectivity index (χ2n) is 3.19. The fraction of sp³-hybridized carbons (Fsp3) is 0.125. The molecule has 1 aliphatic heterocycles. The molecule has 1 aromatic rings. The molecule has 1 aliphatic rings. The number of hydrogen-bond acceptors (Lipinski definition) is 3. The third-order valence-corrected chi connectivity index (χ3v) is 3.69. The Kier molecular flexibility index (Phi) is 2.58. The minimum absolute atomic E-state index is 0.330. The molecule has 17 heavy (non-hydrogen) atoms. The average Bonchev–Trinajstić information content (AvgIpc) is 2.13. The zero-order valence-electron chi connectivity index (χ0n) is 7.92. The minimum Gasteiger partial charge on any atom is -0.253 e. The van der Waals surface area contributed by atoms with Gasteiger partial charge in [-0.05, 0) is 29.8 Å². The molecule has 0 atom stereocenters. The smallest absolute Gasteiger partial charge is 0.253 e. The van der Waals surface area contributed by atoms with Gasteiger partial charge in [0.1, 0.15) is 4.90 Å². The largest absolute Gasteiger partial charge is 0.416 e. The summed E-state index contributed by atoms with van der Waals surface area (Å²) in [5, 5.41) is -0.489. The second kappa shape index (κ2) is 3.61. The Morgan fingerprint density at radius 2 is 1.94 bits per heavy atom. The maximum absolute atomic E-state index is 12.4. The Labute approximate surface area is 99.2 Å². The highest BCUT2D eigenvalue weighted by atomic mass is 35.5. The number of halogens is 4. The van der Waals surface area contributed by atoms with Crippen molar-refractivity contribution in [3.8, 4) is 0 Å². The van der Waals surface area contributed by atoms with Crippen molar-refractivity contribution in [3.05, 3.63) is 23.8 Å². The van der Waals surface area contributed by atoms with E-state index in [1.54, 1.807) is 0 Å². The van der Waals surface area contributed by atoms with Gasteiger partial charge in [0.25, 0.3) is 10.0 Å². The molecule has 0 saturated heterocycles. The predicted molar refractivity (Wildman–Crippen MR) is 54.7 cm³/mol. The van der Waals surface area contributed by atoms with Crippen molar-refractivity contribution >= 4 is 32.6 Å². The van der Waals surface area contributed by atoms with Gasteiger partial charge >= 0.3 is 6.18 Å². The number of sulfonamides is 1. The number of benzene rings is 1. The number of nitrogens with zero attached hydrogens (tertiary/aromatic N) is 1. The van der Waals surface area contributed by atoms with Crippen LogP contribution < -0.4 is 4.72 Å². The molecule has 0 radical (unpaired) electrons. The van der Waals surface area contributed by atoms with Crippen LogP contribution in [0.5, 0.6) is 0 Å². The van der Waals surface area contributed by atoms with Gasteiger partial charge in [-0.2, -0.15) is 13.2 Å². The van der Waals surface area contributed by atoms with E-state index in [0.717, 1.165) is 6.07 Å². The van der Waals surface area contributed by atoms with Gasteiger partial charge in [-0.15, -0.1) is 0 Å². The Morgan fingerprint density at radius 1 is 1.29 bits per heavy atom. The normalized spacial score (nSPS) is 18.0. The van der Waals surface area contributed by atoms with Crippen LogP contribution in [-0.4, -0.2) is 13.7 Å². The van der Waals surface area contributed by atoms with Crippen LogP contribution in [0.3, 0.4) is 0 Å². The van der Waals surface area contributed by atoms with E-state index in [2.05, 4.69) is 4.99 Å². The van der Waals surface area contributed by atoms with E-state index >= 15 is 0 Å². The van der Waals surface area contributed by atoms with Crippen molar-refractivity contribution in [2.24, 2.45) is 4.99 Å². The Morgan fingerprint density at radius 3 is 2.53 bits per heavy atom. The summed E-state index contributed by atoms with van der Waals surface area (Å²) >= 11 is 5.37. The quantitative estimate of drug-likeness (QED) is 0.743. The summed E-state index contributed by atoms with van der Waals surface area (Å²) in [5.74, 6) is 0. The zero-order chi connectivity index (χ0) is 12.8. The second-order valence-corrected chi connectivity index (χ2v) is 5.20. The molecular formula is C8H4ClF3N2O2S. The molecule has 0 amide bonds. The van der Waals surface area contributed by atoms with E-state index in [1.165, 1.54) is 0 Å². The molecule has 0 spiro atoms. The number of aliphatic imine (C=N–C) groups is 1. The monoisotopic (exact) mass is 284 g/mol. The van der Waals surface area contributed by atoms with Crippen molar-refractivity contribution in [3.63, 3.8) is 0 Å². The molecule has 0 unspecified atom stereocenters. The highest BCUT2D eigenvalue weighted by molar-refractivity contribution is 7.90. The Bertz CT molecular complexity index is 610. The van der Waals surface area contributed by atoms with Crippen molar-refractivity contribution in [2.45, 2.75) is 11.1 Å². The SMILES string of the molecule is O=S1(=O)NC(Cl)=Nc2cc(C(F)(F)F)ccc21. The third-order valence-electron chi connectivity index (χ3n) is 2.01. The Balaban J connectivity index is 2.66. The van der Waals surface area contributed by atoms with E-state index in [-0.39, 0.29) is 10.6 Å². The summed E-state index contributed by atoms with van der Waals surface area (Å²) in [4.78, 5) is 3.17. The molecular weight excluding hydrogens is 281 g/mol. The molecule has 1 aromatic carbocycles. The summed E-state index contributed by atoms with van der Waals surface area (Å²) in [6, 6.07) is 2.15. The summed E-state index contributed by atoms with van der Waals surface area (Å²) in [7, 11) is -3.93. The fourth-order valence-corrected chi connectivity index (χ4v) is 2.70. The van der Waals surface area contributed by atoms with Gasteiger partial charge in [-0.3, -0.25) is 4.72 Å². The first-order valence-electron chi connectivity index (χ1n) is 4.18. The Hall–Kier alpha value is -1.28. The lowest BCUT2D eigenvalue weighted by Crippen LogP contribution is -2.30. The van der Waals surface area contributed by atoms with Crippen molar-refractivity contribution in [1.29, 1.82) is 0 Å². The minimum atomic E-state index is -4.56. The van der Waals surface area contributed by atoms with Gasteiger partial charge in [-0.25, -0.2) is 13.4 Å². The molecule has 0 bridgehead atoms. The average molecular weight is 285 g/mol. The van der Waals surface area contributed by atoms with Crippen LogP contribution in [-0.2, 0) is 16.2 Å². The van der Waals surface area contributed by atoms with Gasteiger partial charge in [-0.1, -0.05) is 0 Å². The molecule has 9 heteroatoms. The van der Waals surface area contributed by atoms with E-state index in [9.17, 15) is 21.6 Å². The lowest BCUT2D eigenvalue weighted by molar-refractivity contribution is -0.137.